The van der Waals surface area contributed by atoms with Gasteiger partial charge in [-0.3, -0.25) is 18.5 Å². The molecule has 7 N–H and O–H groups in total. The summed E-state index contributed by atoms with van der Waals surface area (Å²) in [5, 5.41) is 39.4. The van der Waals surface area contributed by atoms with Crippen LogP contribution in [0.25, 0.3) is 10.8 Å². The Morgan fingerprint density at radius 1 is 0.716 bits per heavy atom. The van der Waals surface area contributed by atoms with E-state index in [1.807, 2.05) is 103 Å². The van der Waals surface area contributed by atoms with Crippen molar-refractivity contribution in [3.8, 4) is 24.3 Å². The van der Waals surface area contributed by atoms with Crippen LogP contribution in [-0.4, -0.2) is 122 Å². The number of hydrogen-bond acceptors (Lipinski definition) is 20. The van der Waals surface area contributed by atoms with Crippen LogP contribution in [0.4, 0.5) is 11.6 Å². The van der Waals surface area contributed by atoms with Gasteiger partial charge in [0.1, 0.15) is 71.3 Å². The second-order valence-corrected chi connectivity index (χ2v) is 33.7. The third-order valence-corrected chi connectivity index (χ3v) is 15.7. The number of carbonyl (C=O) groups excluding carboxylic acids is 1. The second kappa shape index (κ2) is 31.6. The molecule has 2 aromatic heterocycles. The largest absolute Gasteiger partial charge is 0.497 e. The average molecular weight is 1300 g/mol. The molecular formula is C60H74N7O16P5. The Balaban J connectivity index is 0.000000231. The number of rotatable bonds is 19. The summed E-state index contributed by atoms with van der Waals surface area (Å²) in [5.41, 5.74) is 6.12. The predicted molar refractivity (Wildman–Crippen MR) is 345 cm³/mol. The van der Waals surface area contributed by atoms with Crippen LogP contribution >= 0.6 is 41.5 Å². The van der Waals surface area contributed by atoms with Gasteiger partial charge in [0.05, 0.1) is 25.4 Å². The fraction of sp³-hybridized carbons (Fsp3) is 0.350. The maximum absolute atomic E-state index is 14.2. The molecule has 3 aliphatic heterocycles. The number of nitrogens with one attached hydrogen (secondary N) is 2. The van der Waals surface area contributed by atoms with E-state index in [1.54, 1.807) is 64.4 Å². The molecule has 3 saturated heterocycles. The molecule has 0 bridgehead atoms. The molecule has 28 heteroatoms. The summed E-state index contributed by atoms with van der Waals surface area (Å²) < 4.78 is 67.6. The van der Waals surface area contributed by atoms with Crippen LogP contribution in [0.1, 0.15) is 63.8 Å². The van der Waals surface area contributed by atoms with Gasteiger partial charge in [0, 0.05) is 24.9 Å². The standard InChI is InChI=1S/C32H33N3O7.C26H33N4O9P.C2H2.H6P4/c1-20(36)26-27-28(42-31(39-3)41-27)29(40-26)35-19-18-25(33-30(35)37)34-32(21-10-6-4-7-11-21,22-12-8-5-9-13-22)23-14-16-24(38-2)17-15-23;1-14(2)36-25(33)15(3)29-40(35,39-19-11-7-9-17-8-5-6-10-18(17)19)38-16(4)23-21(31)22(32)24(37-23)30-13-12-20(27)28-26(30)34;1-2;1-4(2)3/h4-20,26-29,31,36H,1-3H3,(H,33,34,37);5-16,21-24,31-32H,1-4H3,(H,29,35)(H2,27,28,34);1-2H;1-3H2/t20-,26+,27+,28+,29+,31?;15-,16-,21-,22+,23+,24+,40?;;/m00../s1. The number of methoxy groups -OCH3 is 2. The van der Waals surface area contributed by atoms with Crippen LogP contribution in [0.3, 0.4) is 0 Å². The van der Waals surface area contributed by atoms with E-state index in [0.717, 1.165) is 32.4 Å². The molecule has 7 aromatic rings. The van der Waals surface area contributed by atoms with Crippen molar-refractivity contribution < 1.29 is 66.9 Å². The van der Waals surface area contributed by atoms with E-state index < -0.39 is 111 Å². The molecule has 5 heterocycles. The van der Waals surface area contributed by atoms with Gasteiger partial charge in [0.2, 0.25) is 0 Å². The van der Waals surface area contributed by atoms with Gasteiger partial charge in [-0.05, 0) is 94.0 Å². The number of carbonyl (C=O) groups is 1. The van der Waals surface area contributed by atoms with Crippen LogP contribution in [0.15, 0.2) is 162 Å². The van der Waals surface area contributed by atoms with E-state index in [1.165, 1.54) is 37.8 Å². The first kappa shape index (κ1) is 69.4. The molecule has 0 spiro atoms. The zero-order valence-corrected chi connectivity index (χ0v) is 54.5. The molecule has 0 radical (unpaired) electrons. The normalized spacial score (nSPS) is 22.9. The number of nitrogen functional groups attached to an aromatic ring is 1. The van der Waals surface area contributed by atoms with Crippen LogP contribution in [-0.2, 0) is 47.8 Å². The number of esters is 1. The van der Waals surface area contributed by atoms with E-state index in [9.17, 15) is 34.3 Å². The predicted octanol–water partition coefficient (Wildman–Crippen LogP) is 7.86. The molecule has 0 saturated carbocycles. The number of fused-ring (bicyclic) bond motifs is 2. The number of aliphatic hydroxyl groups is 3. The van der Waals surface area contributed by atoms with Gasteiger partial charge in [0.25, 0.3) is 6.48 Å². The Hall–Kier alpha value is -6.10. The number of nitrogens with zero attached hydrogens (tertiary/aromatic N) is 4. The highest BCUT2D eigenvalue weighted by atomic mass is 32.7. The van der Waals surface area contributed by atoms with E-state index >= 15 is 0 Å². The van der Waals surface area contributed by atoms with Crippen molar-refractivity contribution in [3.63, 3.8) is 0 Å². The molecule has 5 unspecified atom stereocenters. The first-order chi connectivity index (χ1) is 42.1. The summed E-state index contributed by atoms with van der Waals surface area (Å²) >= 11 is 0. The van der Waals surface area contributed by atoms with Gasteiger partial charge in [-0.1, -0.05) is 109 Å². The fourth-order valence-corrected chi connectivity index (χ4v) is 11.8. The number of aromatic nitrogens is 4. The van der Waals surface area contributed by atoms with Crippen molar-refractivity contribution in [2.45, 2.75) is 120 Å². The van der Waals surface area contributed by atoms with Gasteiger partial charge in [-0.25, -0.2) is 14.2 Å². The summed E-state index contributed by atoms with van der Waals surface area (Å²) in [4.78, 5) is 46.4. The molecular weight excluding hydrogens is 1230 g/mol. The highest BCUT2D eigenvalue weighted by Gasteiger charge is 2.55. The number of hydrogen-bond donors (Lipinski definition) is 6. The number of ether oxygens (including phenoxy) is 7. The fourth-order valence-electron chi connectivity index (χ4n) is 10.1. The molecule has 0 amide bonds. The zero-order valence-electron chi connectivity index (χ0n) is 49.2. The number of terminal acetylenes is 1. The molecule has 10 rings (SSSR count). The van der Waals surface area contributed by atoms with Gasteiger partial charge < -0.3 is 64.1 Å². The van der Waals surface area contributed by atoms with Crippen LogP contribution < -0.4 is 36.8 Å². The Labute approximate surface area is 517 Å². The summed E-state index contributed by atoms with van der Waals surface area (Å²) in [6.07, 6.45) is -0.0656. The summed E-state index contributed by atoms with van der Waals surface area (Å²) in [6.45, 7) is 7.07. The van der Waals surface area contributed by atoms with E-state index in [0.29, 0.717) is 11.2 Å². The maximum Gasteiger partial charge on any atom is 0.459 e. The van der Waals surface area contributed by atoms with Gasteiger partial charge in [-0.2, -0.15) is 15.1 Å². The quantitative estimate of drug-likeness (QED) is 0.0194. The van der Waals surface area contributed by atoms with Crippen LogP contribution in [0.2, 0.25) is 0 Å². The topological polar surface area (TPSA) is 298 Å². The SMILES string of the molecule is C#C.CC(C)OC(=O)[C@H](C)NP(=O)(Oc1cccc2ccccc12)O[C@@H](C)[C@H]1O[C@@H](n2ccc(N)nc2=O)[C@H](O)[C@@H]1O.COc1ccc(C(Nc2ccn([C@@H]3O[C@H]([C@H](C)O)[C@H]4OC(OC)O[C@H]43)c(=O)n2)(c2ccccc2)c2ccccc2)cc1.PP(P)P. The van der Waals surface area contributed by atoms with Crippen LogP contribution in [0, 0.1) is 12.8 Å². The average Bonchev–Trinajstić information content (AvgIpc) is 1.20. The number of benzene rings is 5. The molecule has 16 atom stereocenters. The minimum absolute atomic E-state index is 0.0229. The van der Waals surface area contributed by atoms with E-state index in [4.69, 9.17) is 47.9 Å². The molecule has 5 aromatic carbocycles. The first-order valence-corrected chi connectivity index (χ1v) is 35.3. The van der Waals surface area contributed by atoms with Gasteiger partial charge >= 0.3 is 25.1 Å². The monoisotopic (exact) mass is 1300 g/mol. The zero-order chi connectivity index (χ0) is 64.0. The third kappa shape index (κ3) is 16.6. The van der Waals surface area contributed by atoms with Crippen molar-refractivity contribution >= 4 is 69.9 Å². The van der Waals surface area contributed by atoms with Crippen LogP contribution in [0.5, 0.6) is 11.5 Å². The highest BCUT2D eigenvalue weighted by Crippen LogP contribution is 2.60. The Kier molecular flexibility index (Phi) is 24.9. The highest BCUT2D eigenvalue weighted by molar-refractivity contribution is 8.65. The lowest BCUT2D eigenvalue weighted by atomic mass is 9.77. The maximum atomic E-state index is 14.2. The van der Waals surface area contributed by atoms with Crippen molar-refractivity contribution in [3.05, 3.63) is 190 Å². The third-order valence-electron chi connectivity index (χ3n) is 14.0. The van der Waals surface area contributed by atoms with Crippen molar-refractivity contribution in [1.82, 2.24) is 24.2 Å². The Morgan fingerprint density at radius 3 is 1.84 bits per heavy atom. The number of anilines is 2. The minimum atomic E-state index is -4.38. The lowest BCUT2D eigenvalue weighted by molar-refractivity contribution is -0.260. The van der Waals surface area contributed by atoms with Gasteiger partial charge in [0.15, 0.2) is 12.5 Å². The lowest BCUT2D eigenvalue weighted by Gasteiger charge is -2.37. The lowest BCUT2D eigenvalue weighted by Crippen LogP contribution is -2.41. The smallest absolute Gasteiger partial charge is 0.459 e. The number of nitrogens with two attached hydrogens (primary N) is 1. The second-order valence-electron chi connectivity index (χ2n) is 20.5. The van der Waals surface area contributed by atoms with Crippen molar-refractivity contribution in [2.24, 2.45) is 0 Å². The van der Waals surface area contributed by atoms with Crippen molar-refractivity contribution in [2.75, 3.05) is 25.3 Å². The van der Waals surface area contributed by atoms with Gasteiger partial charge in [-0.15, -0.1) is 39.6 Å². The molecule has 0 aliphatic carbocycles. The molecule has 23 nitrogen and oxygen atoms in total. The minimum Gasteiger partial charge on any atom is -0.497 e. The van der Waals surface area contributed by atoms with E-state index in [2.05, 4.69) is 60.0 Å². The Bertz CT molecular complexity index is 3550. The molecule has 3 fully saturated rings. The summed E-state index contributed by atoms with van der Waals surface area (Å²) in [6, 6.07) is 42.2. The number of aliphatic hydroxyl groups excluding tert-OH is 3. The molecule has 3 aliphatic rings. The first-order valence-electron chi connectivity index (χ1n) is 27.5. The van der Waals surface area contributed by atoms with Crippen molar-refractivity contribution in [1.29, 1.82) is 0 Å². The van der Waals surface area contributed by atoms with E-state index in [-0.39, 0.29) is 18.6 Å². The molecule has 470 valence electrons. The molecule has 88 heavy (non-hydrogen) atoms. The Morgan fingerprint density at radius 2 is 1.26 bits per heavy atom. The summed E-state index contributed by atoms with van der Waals surface area (Å²) in [5.74, 6) is 0.602. The summed E-state index contributed by atoms with van der Waals surface area (Å²) in [7, 11) is 6.65.